The molecule has 1 heterocycles. The molecular weight excluding hydrogens is 274 g/mol. The molecule has 2 rings (SSSR count). The third-order valence-corrected chi connectivity index (χ3v) is 3.38. The Morgan fingerprint density at radius 3 is 2.70 bits per heavy atom. The number of anilines is 1. The van der Waals surface area contributed by atoms with Crippen molar-refractivity contribution in [1.29, 1.82) is 5.26 Å². The third-order valence-electron chi connectivity index (χ3n) is 2.46. The molecule has 1 aliphatic rings. The second kappa shape index (κ2) is 5.47. The molecule has 0 radical (unpaired) electrons. The van der Waals surface area contributed by atoms with E-state index < -0.39 is 30.1 Å². The average Bonchev–Trinajstić information content (AvgIpc) is 2.53. The molecule has 0 unspecified atom stereocenters. The van der Waals surface area contributed by atoms with Crippen molar-refractivity contribution in [2.24, 2.45) is 0 Å². The maximum absolute atomic E-state index is 12.3. The predicted octanol–water partition coefficient (Wildman–Crippen LogP) is 2.44. The van der Waals surface area contributed by atoms with Gasteiger partial charge in [-0.25, -0.2) is 0 Å². The fourth-order valence-corrected chi connectivity index (χ4v) is 2.41. The van der Waals surface area contributed by atoms with Gasteiger partial charge < -0.3 is 15.4 Å². The highest BCUT2D eigenvalue weighted by atomic mass is 32.2. The Morgan fingerprint density at radius 1 is 1.45 bits per heavy atom. The molecule has 0 fully saturated rings. The zero-order valence-electron chi connectivity index (χ0n) is 16.5. The quantitative estimate of drug-likeness (QED) is 0.896. The first-order valence-corrected chi connectivity index (χ1v) is 6.34. The van der Waals surface area contributed by atoms with Crippen molar-refractivity contribution >= 4 is 23.4 Å². The van der Waals surface area contributed by atoms with Crippen molar-refractivity contribution in [2.45, 2.75) is 18.6 Å². The highest BCUT2D eigenvalue weighted by Crippen LogP contribution is 2.36. The number of carbonyl (C=O) groups is 1. The van der Waals surface area contributed by atoms with E-state index in [1.165, 1.54) is 7.11 Å². The third kappa shape index (κ3) is 3.06. The van der Waals surface area contributed by atoms with Gasteiger partial charge in [0.15, 0.2) is 0 Å². The summed E-state index contributed by atoms with van der Waals surface area (Å²) in [4.78, 5) is 9.69. The molecule has 5 nitrogen and oxygen atoms in total. The average molecular weight is 295 g/mol. The van der Waals surface area contributed by atoms with Crippen molar-refractivity contribution in [1.82, 2.24) is 5.32 Å². The van der Waals surface area contributed by atoms with Crippen LogP contribution in [0.25, 0.3) is 0 Å². The summed E-state index contributed by atoms with van der Waals surface area (Å²) >= 11 is 0.392. The fourth-order valence-electron chi connectivity index (χ4n) is 1.55. The van der Waals surface area contributed by atoms with Crippen LogP contribution in [0.2, 0.25) is 0 Å². The summed E-state index contributed by atoms with van der Waals surface area (Å²) < 4.78 is 51.0. The SMILES string of the molecule is [2H]C([2H])([2H])C1(C([2H])([2H])[2H])NC(=O)C(C#N)=C(Nc2ccc(OC)cc2)S1. The number of hydrogen-bond acceptors (Lipinski definition) is 5. The van der Waals surface area contributed by atoms with Gasteiger partial charge in [-0.3, -0.25) is 4.79 Å². The molecule has 104 valence electrons. The van der Waals surface area contributed by atoms with E-state index in [2.05, 4.69) is 5.32 Å². The monoisotopic (exact) mass is 295 g/mol. The minimum atomic E-state index is -3.05. The second-order valence-electron chi connectivity index (χ2n) is 3.91. The summed E-state index contributed by atoms with van der Waals surface area (Å²) in [6.45, 7) is -6.10. The lowest BCUT2D eigenvalue weighted by molar-refractivity contribution is -0.118. The Kier molecular flexibility index (Phi) is 2.25. The number of benzene rings is 1. The molecular formula is C14H15N3O2S. The topological polar surface area (TPSA) is 74.2 Å². The Bertz CT molecular complexity index is 766. The van der Waals surface area contributed by atoms with Gasteiger partial charge in [0.25, 0.3) is 5.91 Å². The lowest BCUT2D eigenvalue weighted by atomic mass is 10.2. The summed E-state index contributed by atoms with van der Waals surface area (Å²) in [5, 5.41) is 13.9. The van der Waals surface area contributed by atoms with Gasteiger partial charge in [0.2, 0.25) is 0 Å². The van der Waals surface area contributed by atoms with Crippen molar-refractivity contribution < 1.29 is 17.8 Å². The standard InChI is InChI=1S/C14H15N3O2S/c1-14(2)17-12(18)11(8-15)13(20-14)16-9-4-6-10(19-3)7-5-9/h4-7,16H,1-3H3,(H,17,18)/i1D3,2D3. The van der Waals surface area contributed by atoms with Crippen molar-refractivity contribution in [3.63, 3.8) is 0 Å². The normalized spacial score (nSPS) is 22.9. The number of amides is 1. The number of nitrogens with zero attached hydrogens (tertiary/aromatic N) is 1. The highest BCUT2D eigenvalue weighted by Gasteiger charge is 2.33. The lowest BCUT2D eigenvalue weighted by Gasteiger charge is -2.31. The van der Waals surface area contributed by atoms with Gasteiger partial charge in [0.05, 0.1) is 17.0 Å². The van der Waals surface area contributed by atoms with E-state index in [-0.39, 0.29) is 5.03 Å². The second-order valence-corrected chi connectivity index (χ2v) is 5.13. The number of nitriles is 1. The van der Waals surface area contributed by atoms with Crippen LogP contribution in [0.1, 0.15) is 21.9 Å². The molecule has 0 atom stereocenters. The van der Waals surface area contributed by atoms with E-state index in [1.807, 2.05) is 5.32 Å². The number of hydrogen-bond donors (Lipinski definition) is 2. The van der Waals surface area contributed by atoms with Gasteiger partial charge in [-0.1, -0.05) is 11.8 Å². The minimum absolute atomic E-state index is 0.145. The van der Waals surface area contributed by atoms with Gasteiger partial charge in [-0.2, -0.15) is 5.26 Å². The van der Waals surface area contributed by atoms with Gasteiger partial charge >= 0.3 is 0 Å². The van der Waals surface area contributed by atoms with E-state index in [4.69, 9.17) is 13.0 Å². The number of nitrogens with one attached hydrogen (secondary N) is 2. The molecule has 2 N–H and O–H groups in total. The van der Waals surface area contributed by atoms with Crippen LogP contribution in [0.3, 0.4) is 0 Å². The molecule has 0 aliphatic carbocycles. The highest BCUT2D eigenvalue weighted by molar-refractivity contribution is 8.04. The van der Waals surface area contributed by atoms with Crippen LogP contribution in [0, 0.1) is 11.3 Å². The fraction of sp³-hybridized carbons (Fsp3) is 0.286. The molecule has 20 heavy (non-hydrogen) atoms. The lowest BCUT2D eigenvalue weighted by Crippen LogP contribution is -2.45. The molecule has 1 aromatic carbocycles. The first-order valence-electron chi connectivity index (χ1n) is 8.52. The number of methoxy groups -OCH3 is 1. The van der Waals surface area contributed by atoms with Crippen molar-refractivity contribution in [2.75, 3.05) is 12.4 Å². The van der Waals surface area contributed by atoms with Gasteiger partial charge in [0, 0.05) is 13.9 Å². The van der Waals surface area contributed by atoms with E-state index in [9.17, 15) is 10.1 Å². The van der Waals surface area contributed by atoms with Gasteiger partial charge in [-0.15, -0.1) is 0 Å². The summed E-state index contributed by atoms with van der Waals surface area (Å²) in [6, 6.07) is 8.08. The Morgan fingerprint density at radius 2 is 2.15 bits per heavy atom. The van der Waals surface area contributed by atoms with E-state index in [0.29, 0.717) is 23.2 Å². The maximum Gasteiger partial charge on any atom is 0.265 e. The summed E-state index contributed by atoms with van der Waals surface area (Å²) in [5.74, 6) is -0.493. The Balaban J connectivity index is 2.50. The predicted molar refractivity (Wildman–Crippen MR) is 79.1 cm³/mol. The first-order chi connectivity index (χ1) is 11.9. The van der Waals surface area contributed by atoms with Crippen LogP contribution in [-0.4, -0.2) is 17.9 Å². The summed E-state index contributed by atoms with van der Waals surface area (Å²) in [5.41, 5.74) is 0.0377. The van der Waals surface area contributed by atoms with Crippen LogP contribution in [0.5, 0.6) is 5.75 Å². The first kappa shape index (κ1) is 8.22. The van der Waals surface area contributed by atoms with Crippen LogP contribution >= 0.6 is 11.8 Å². The van der Waals surface area contributed by atoms with E-state index in [0.717, 1.165) is 0 Å². The summed E-state index contributed by atoms with van der Waals surface area (Å²) in [7, 11) is 1.49. The van der Waals surface area contributed by atoms with Crippen LogP contribution in [-0.2, 0) is 4.79 Å². The van der Waals surface area contributed by atoms with Crippen LogP contribution in [0.15, 0.2) is 34.9 Å². The molecule has 6 heteroatoms. The van der Waals surface area contributed by atoms with Gasteiger partial charge in [-0.05, 0) is 38.0 Å². The number of carbonyl (C=O) groups excluding carboxylic acids is 1. The molecule has 0 saturated carbocycles. The number of thioether (sulfide) groups is 1. The van der Waals surface area contributed by atoms with Crippen molar-refractivity contribution in [3.8, 4) is 11.8 Å². The molecule has 1 aliphatic heterocycles. The number of ether oxygens (including phenoxy) is 1. The molecule has 0 saturated heterocycles. The van der Waals surface area contributed by atoms with Crippen LogP contribution in [0.4, 0.5) is 5.69 Å². The largest absolute Gasteiger partial charge is 0.497 e. The molecule has 0 bridgehead atoms. The minimum Gasteiger partial charge on any atom is -0.497 e. The van der Waals surface area contributed by atoms with E-state index >= 15 is 0 Å². The van der Waals surface area contributed by atoms with Gasteiger partial charge in [0.1, 0.15) is 17.4 Å². The van der Waals surface area contributed by atoms with Crippen LogP contribution < -0.4 is 15.4 Å². The molecule has 1 amide bonds. The number of rotatable bonds is 3. The zero-order valence-corrected chi connectivity index (χ0v) is 11.3. The maximum atomic E-state index is 12.3. The van der Waals surface area contributed by atoms with E-state index in [1.54, 1.807) is 30.3 Å². The smallest absolute Gasteiger partial charge is 0.265 e. The Hall–Kier alpha value is -2.13. The molecule has 0 aromatic heterocycles. The van der Waals surface area contributed by atoms with Crippen molar-refractivity contribution in [3.05, 3.63) is 34.9 Å². The molecule has 0 spiro atoms. The summed E-state index contributed by atoms with van der Waals surface area (Å²) in [6.07, 6.45) is 0. The Labute approximate surface area is 130 Å². The zero-order chi connectivity index (χ0) is 19.8. The molecule has 1 aromatic rings.